The molecule has 0 radical (unpaired) electrons. The fourth-order valence-electron chi connectivity index (χ4n) is 3.45. The lowest BCUT2D eigenvalue weighted by Crippen LogP contribution is -2.13. The number of hydrogen-bond donors (Lipinski definition) is 2. The maximum atomic E-state index is 12.7. The second kappa shape index (κ2) is 7.23. The molecule has 8 heteroatoms. The van der Waals surface area contributed by atoms with Crippen molar-refractivity contribution < 1.29 is 13.2 Å². The third kappa shape index (κ3) is 3.67. The van der Waals surface area contributed by atoms with E-state index in [1.54, 1.807) is 29.5 Å². The molecule has 6 nitrogen and oxygen atoms in total. The number of sulfonamides is 1. The molecule has 0 atom stereocenters. The minimum Gasteiger partial charge on any atom is -0.326 e. The van der Waals surface area contributed by atoms with Crippen LogP contribution in [0.4, 0.5) is 11.4 Å². The van der Waals surface area contributed by atoms with Crippen LogP contribution < -0.4 is 10.0 Å². The summed E-state index contributed by atoms with van der Waals surface area (Å²) in [5.41, 5.74) is 3.89. The zero-order valence-electron chi connectivity index (χ0n) is 15.8. The van der Waals surface area contributed by atoms with Crippen LogP contribution in [0.3, 0.4) is 0 Å². The summed E-state index contributed by atoms with van der Waals surface area (Å²) >= 11 is 1.66. The molecule has 4 aromatic rings. The number of fused-ring (bicyclic) bond motifs is 2. The largest absolute Gasteiger partial charge is 0.326 e. The number of para-hydroxylation sites is 1. The Morgan fingerprint density at radius 3 is 2.63 bits per heavy atom. The third-order valence-corrected chi connectivity index (χ3v) is 7.33. The molecule has 0 saturated carbocycles. The van der Waals surface area contributed by atoms with Gasteiger partial charge < -0.3 is 5.32 Å². The highest BCUT2D eigenvalue weighted by molar-refractivity contribution is 7.92. The van der Waals surface area contributed by atoms with E-state index in [1.165, 1.54) is 12.1 Å². The van der Waals surface area contributed by atoms with Gasteiger partial charge in [0.1, 0.15) is 0 Å². The number of nitrogens with one attached hydrogen (secondary N) is 2. The van der Waals surface area contributed by atoms with Crippen LogP contribution in [0.25, 0.3) is 10.2 Å². The van der Waals surface area contributed by atoms with E-state index in [0.717, 1.165) is 20.8 Å². The molecule has 2 N–H and O–H groups in total. The number of thiazole rings is 1. The van der Waals surface area contributed by atoms with Crippen molar-refractivity contribution in [2.75, 3.05) is 10.0 Å². The van der Waals surface area contributed by atoms with Gasteiger partial charge in [-0.05, 0) is 53.6 Å². The van der Waals surface area contributed by atoms with Crippen molar-refractivity contribution in [1.82, 2.24) is 4.98 Å². The Morgan fingerprint density at radius 1 is 1.03 bits per heavy atom. The first-order valence-electron chi connectivity index (χ1n) is 9.35. The van der Waals surface area contributed by atoms with Crippen LogP contribution in [-0.4, -0.2) is 19.3 Å². The van der Waals surface area contributed by atoms with E-state index >= 15 is 0 Å². The van der Waals surface area contributed by atoms with Crippen molar-refractivity contribution in [2.24, 2.45) is 0 Å². The van der Waals surface area contributed by atoms with Gasteiger partial charge in [0.25, 0.3) is 10.0 Å². The fourth-order valence-corrected chi connectivity index (χ4v) is 5.56. The zero-order chi connectivity index (χ0) is 20.7. The number of amides is 1. The molecule has 150 valence electrons. The molecule has 3 aromatic carbocycles. The van der Waals surface area contributed by atoms with E-state index in [-0.39, 0.29) is 17.2 Å². The normalized spacial score (nSPS) is 13.3. The number of carbonyl (C=O) groups excluding carboxylic acids is 1. The molecular weight excluding hydrogens is 418 g/mol. The summed E-state index contributed by atoms with van der Waals surface area (Å²) in [5, 5.41) is 3.72. The number of benzene rings is 3. The Kier molecular flexibility index (Phi) is 4.52. The predicted octanol–water partition coefficient (Wildman–Crippen LogP) is 4.18. The molecule has 0 spiro atoms. The van der Waals surface area contributed by atoms with Crippen LogP contribution in [0, 0.1) is 0 Å². The highest BCUT2D eigenvalue weighted by atomic mass is 32.2. The minimum atomic E-state index is -3.74. The van der Waals surface area contributed by atoms with Crippen LogP contribution in [0.5, 0.6) is 0 Å². The zero-order valence-corrected chi connectivity index (χ0v) is 17.4. The highest BCUT2D eigenvalue weighted by Gasteiger charge is 2.22. The standard InChI is InChI=1S/C22H17N3O3S2/c26-21-13-15-12-17(9-10-18(15)23-21)30(27,28)25-16-7-5-14(6-8-16)11-22-24-19-3-1-2-4-20(19)29-22/h1-10,12,25H,11,13H2,(H,23,26). The number of carbonyl (C=O) groups is 1. The Morgan fingerprint density at radius 2 is 1.83 bits per heavy atom. The summed E-state index contributed by atoms with van der Waals surface area (Å²) in [6, 6.07) is 20.0. The van der Waals surface area contributed by atoms with Gasteiger partial charge in [-0.1, -0.05) is 24.3 Å². The molecular formula is C22H17N3O3S2. The van der Waals surface area contributed by atoms with Crippen LogP contribution in [0.15, 0.2) is 71.6 Å². The Labute approximate surface area is 177 Å². The smallest absolute Gasteiger partial charge is 0.261 e. The summed E-state index contributed by atoms with van der Waals surface area (Å²) in [6.07, 6.45) is 0.886. The van der Waals surface area contributed by atoms with Gasteiger partial charge in [-0.3, -0.25) is 9.52 Å². The minimum absolute atomic E-state index is 0.128. The average Bonchev–Trinajstić information content (AvgIpc) is 3.30. The molecule has 1 aromatic heterocycles. The van der Waals surface area contributed by atoms with E-state index in [0.29, 0.717) is 23.4 Å². The Balaban J connectivity index is 1.32. The predicted molar refractivity (Wildman–Crippen MR) is 118 cm³/mol. The lowest BCUT2D eigenvalue weighted by atomic mass is 10.1. The molecule has 1 aliphatic rings. The van der Waals surface area contributed by atoms with Crippen molar-refractivity contribution in [3.8, 4) is 0 Å². The third-order valence-electron chi connectivity index (χ3n) is 4.91. The average molecular weight is 436 g/mol. The summed E-state index contributed by atoms with van der Waals surface area (Å²) in [5.74, 6) is -0.128. The van der Waals surface area contributed by atoms with Crippen molar-refractivity contribution in [1.29, 1.82) is 0 Å². The van der Waals surface area contributed by atoms with E-state index in [1.807, 2.05) is 30.3 Å². The van der Waals surface area contributed by atoms with Crippen LogP contribution in [0.1, 0.15) is 16.1 Å². The second-order valence-electron chi connectivity index (χ2n) is 7.10. The number of hydrogen-bond acceptors (Lipinski definition) is 5. The second-order valence-corrected chi connectivity index (χ2v) is 9.90. The molecule has 0 aliphatic carbocycles. The number of nitrogens with zero attached hydrogens (tertiary/aromatic N) is 1. The monoisotopic (exact) mass is 435 g/mol. The molecule has 1 aliphatic heterocycles. The van der Waals surface area contributed by atoms with Gasteiger partial charge >= 0.3 is 0 Å². The van der Waals surface area contributed by atoms with Crippen LogP contribution in [-0.2, 0) is 27.7 Å². The molecule has 0 saturated heterocycles. The first-order valence-corrected chi connectivity index (χ1v) is 11.7. The number of rotatable bonds is 5. The van der Waals surface area contributed by atoms with Crippen molar-refractivity contribution in [3.05, 3.63) is 82.9 Å². The van der Waals surface area contributed by atoms with E-state index < -0.39 is 10.0 Å². The van der Waals surface area contributed by atoms with Gasteiger partial charge in [-0.2, -0.15) is 0 Å². The van der Waals surface area contributed by atoms with E-state index in [4.69, 9.17) is 0 Å². The molecule has 5 rings (SSSR count). The summed E-state index contributed by atoms with van der Waals surface area (Å²) in [6.45, 7) is 0. The van der Waals surface area contributed by atoms with Crippen LogP contribution in [0.2, 0.25) is 0 Å². The fraction of sp³-hybridized carbons (Fsp3) is 0.0909. The SMILES string of the molecule is O=C1Cc2cc(S(=O)(=O)Nc3ccc(Cc4nc5ccccc5s4)cc3)ccc2N1. The highest BCUT2D eigenvalue weighted by Crippen LogP contribution is 2.27. The molecule has 0 bridgehead atoms. The maximum Gasteiger partial charge on any atom is 0.261 e. The summed E-state index contributed by atoms with van der Waals surface area (Å²) in [7, 11) is -3.74. The van der Waals surface area contributed by atoms with Gasteiger partial charge in [0.05, 0.1) is 26.5 Å². The van der Waals surface area contributed by atoms with E-state index in [2.05, 4.69) is 21.1 Å². The molecule has 30 heavy (non-hydrogen) atoms. The number of aromatic nitrogens is 1. The van der Waals surface area contributed by atoms with Crippen molar-refractivity contribution >= 4 is 48.9 Å². The van der Waals surface area contributed by atoms with Crippen molar-refractivity contribution in [3.63, 3.8) is 0 Å². The topological polar surface area (TPSA) is 88.2 Å². The van der Waals surface area contributed by atoms with Crippen molar-refractivity contribution in [2.45, 2.75) is 17.7 Å². The molecule has 0 unspecified atom stereocenters. The maximum absolute atomic E-state index is 12.7. The molecule has 0 fully saturated rings. The summed E-state index contributed by atoms with van der Waals surface area (Å²) < 4.78 is 29.2. The van der Waals surface area contributed by atoms with Gasteiger partial charge in [-0.15, -0.1) is 11.3 Å². The lowest BCUT2D eigenvalue weighted by Gasteiger charge is -2.10. The Bertz CT molecular complexity index is 1340. The summed E-state index contributed by atoms with van der Waals surface area (Å²) in [4.78, 5) is 16.3. The van der Waals surface area contributed by atoms with Gasteiger partial charge in [0, 0.05) is 17.8 Å². The Hall–Kier alpha value is -3.23. The molecule has 1 amide bonds. The molecule has 2 heterocycles. The van der Waals surface area contributed by atoms with Gasteiger partial charge in [0.2, 0.25) is 5.91 Å². The van der Waals surface area contributed by atoms with Gasteiger partial charge in [-0.25, -0.2) is 13.4 Å². The lowest BCUT2D eigenvalue weighted by molar-refractivity contribution is -0.115. The van der Waals surface area contributed by atoms with E-state index in [9.17, 15) is 13.2 Å². The first kappa shape index (κ1) is 18.8. The quantitative estimate of drug-likeness (QED) is 0.492. The van der Waals surface area contributed by atoms with Crippen LogP contribution >= 0.6 is 11.3 Å². The van der Waals surface area contributed by atoms with Gasteiger partial charge in [0.15, 0.2) is 0 Å². The number of anilines is 2. The first-order chi connectivity index (χ1) is 14.5.